The van der Waals surface area contributed by atoms with Crippen molar-refractivity contribution in [3.8, 4) is 0 Å². The molecule has 3 atom stereocenters. The molecule has 0 saturated heterocycles. The Morgan fingerprint density at radius 2 is 2.30 bits per heavy atom. The zero-order chi connectivity index (χ0) is 14.5. The van der Waals surface area contributed by atoms with E-state index in [4.69, 9.17) is 11.6 Å². The first-order valence-corrected chi connectivity index (χ1v) is 7.42. The predicted molar refractivity (Wildman–Crippen MR) is 79.7 cm³/mol. The SMILES string of the molecule is C[C@H](NC(=O)NC[C@@H]1CCC[C@H]1O)c1cccc(Cl)c1. The van der Waals surface area contributed by atoms with Crippen molar-refractivity contribution in [2.75, 3.05) is 6.54 Å². The zero-order valence-corrected chi connectivity index (χ0v) is 12.4. The molecular weight excluding hydrogens is 276 g/mol. The Labute approximate surface area is 124 Å². The Bertz CT molecular complexity index is 467. The molecular formula is C15H21ClN2O2. The maximum Gasteiger partial charge on any atom is 0.315 e. The molecule has 0 radical (unpaired) electrons. The zero-order valence-electron chi connectivity index (χ0n) is 11.6. The van der Waals surface area contributed by atoms with Gasteiger partial charge in [-0.15, -0.1) is 0 Å². The molecule has 0 heterocycles. The van der Waals surface area contributed by atoms with Gasteiger partial charge in [0.25, 0.3) is 0 Å². The van der Waals surface area contributed by atoms with Crippen molar-refractivity contribution >= 4 is 17.6 Å². The van der Waals surface area contributed by atoms with Crippen molar-refractivity contribution in [2.24, 2.45) is 5.92 Å². The summed E-state index contributed by atoms with van der Waals surface area (Å²) in [4.78, 5) is 11.8. The van der Waals surface area contributed by atoms with Crippen LogP contribution in [-0.2, 0) is 0 Å². The van der Waals surface area contributed by atoms with E-state index in [1.54, 1.807) is 6.07 Å². The molecule has 0 spiro atoms. The first-order valence-electron chi connectivity index (χ1n) is 7.04. The van der Waals surface area contributed by atoms with E-state index in [0.717, 1.165) is 24.8 Å². The smallest absolute Gasteiger partial charge is 0.315 e. The lowest BCUT2D eigenvalue weighted by Crippen LogP contribution is -2.40. The van der Waals surface area contributed by atoms with E-state index in [-0.39, 0.29) is 24.1 Å². The summed E-state index contributed by atoms with van der Waals surface area (Å²) in [6.45, 7) is 2.44. The number of aliphatic hydroxyl groups is 1. The first kappa shape index (κ1) is 15.1. The van der Waals surface area contributed by atoms with Gasteiger partial charge in [-0.1, -0.05) is 30.2 Å². The number of hydrogen-bond donors (Lipinski definition) is 3. The molecule has 1 fully saturated rings. The van der Waals surface area contributed by atoms with Crippen LogP contribution >= 0.6 is 11.6 Å². The van der Waals surface area contributed by atoms with E-state index in [1.807, 2.05) is 25.1 Å². The van der Waals surface area contributed by atoms with Crippen molar-refractivity contribution < 1.29 is 9.90 Å². The molecule has 1 saturated carbocycles. The number of carbonyl (C=O) groups is 1. The second-order valence-electron chi connectivity index (χ2n) is 5.39. The van der Waals surface area contributed by atoms with Gasteiger partial charge < -0.3 is 15.7 Å². The average molecular weight is 297 g/mol. The minimum Gasteiger partial charge on any atom is -0.393 e. The lowest BCUT2D eigenvalue weighted by molar-refractivity contribution is 0.132. The van der Waals surface area contributed by atoms with Crippen LogP contribution < -0.4 is 10.6 Å². The van der Waals surface area contributed by atoms with Gasteiger partial charge in [0, 0.05) is 17.5 Å². The number of aliphatic hydroxyl groups excluding tert-OH is 1. The van der Waals surface area contributed by atoms with Crippen molar-refractivity contribution in [3.05, 3.63) is 34.9 Å². The van der Waals surface area contributed by atoms with Gasteiger partial charge in [0.15, 0.2) is 0 Å². The van der Waals surface area contributed by atoms with E-state index in [9.17, 15) is 9.90 Å². The molecule has 4 nitrogen and oxygen atoms in total. The summed E-state index contributed by atoms with van der Waals surface area (Å²) in [6, 6.07) is 7.12. The quantitative estimate of drug-likeness (QED) is 0.800. The van der Waals surface area contributed by atoms with E-state index in [1.165, 1.54) is 0 Å². The highest BCUT2D eigenvalue weighted by Gasteiger charge is 2.25. The third-order valence-electron chi connectivity index (χ3n) is 3.84. The van der Waals surface area contributed by atoms with Crippen molar-refractivity contribution in [3.63, 3.8) is 0 Å². The molecule has 0 bridgehead atoms. The van der Waals surface area contributed by atoms with Gasteiger partial charge in [-0.2, -0.15) is 0 Å². The molecule has 3 N–H and O–H groups in total. The van der Waals surface area contributed by atoms with Crippen LogP contribution in [0.25, 0.3) is 0 Å². The summed E-state index contributed by atoms with van der Waals surface area (Å²) in [5, 5.41) is 16.1. The van der Waals surface area contributed by atoms with Gasteiger partial charge in [-0.25, -0.2) is 4.79 Å². The fraction of sp³-hybridized carbons (Fsp3) is 0.533. The lowest BCUT2D eigenvalue weighted by atomic mass is 10.1. The van der Waals surface area contributed by atoms with E-state index < -0.39 is 0 Å². The summed E-state index contributed by atoms with van der Waals surface area (Å²) in [5.41, 5.74) is 0.966. The largest absolute Gasteiger partial charge is 0.393 e. The molecule has 5 heteroatoms. The van der Waals surface area contributed by atoms with Crippen LogP contribution in [0.1, 0.15) is 37.8 Å². The van der Waals surface area contributed by atoms with Gasteiger partial charge >= 0.3 is 6.03 Å². The van der Waals surface area contributed by atoms with Crippen LogP contribution in [0.5, 0.6) is 0 Å². The van der Waals surface area contributed by atoms with Crippen LogP contribution in [0.3, 0.4) is 0 Å². The second kappa shape index (κ2) is 6.95. The Morgan fingerprint density at radius 1 is 1.50 bits per heavy atom. The summed E-state index contributed by atoms with van der Waals surface area (Å²) in [5.74, 6) is 0.183. The predicted octanol–water partition coefficient (Wildman–Crippen LogP) is 2.86. The minimum absolute atomic E-state index is 0.109. The van der Waals surface area contributed by atoms with E-state index >= 15 is 0 Å². The number of nitrogens with one attached hydrogen (secondary N) is 2. The van der Waals surface area contributed by atoms with Crippen LogP contribution in [0.15, 0.2) is 24.3 Å². The van der Waals surface area contributed by atoms with Crippen LogP contribution in [0.4, 0.5) is 4.79 Å². The summed E-state index contributed by atoms with van der Waals surface area (Å²) in [6.07, 6.45) is 2.58. The highest BCUT2D eigenvalue weighted by atomic mass is 35.5. The molecule has 0 aromatic heterocycles. The van der Waals surface area contributed by atoms with Crippen LogP contribution in [0, 0.1) is 5.92 Å². The third kappa shape index (κ3) is 4.12. The number of halogens is 1. The monoisotopic (exact) mass is 296 g/mol. The van der Waals surface area contributed by atoms with Crippen molar-refractivity contribution in [1.29, 1.82) is 0 Å². The Morgan fingerprint density at radius 3 is 2.95 bits per heavy atom. The number of amides is 2. The van der Waals surface area contributed by atoms with Crippen LogP contribution in [0.2, 0.25) is 5.02 Å². The fourth-order valence-electron chi connectivity index (χ4n) is 2.59. The molecule has 1 aromatic rings. The molecule has 0 unspecified atom stereocenters. The minimum atomic E-state index is -0.277. The van der Waals surface area contributed by atoms with Crippen LogP contribution in [-0.4, -0.2) is 23.8 Å². The Balaban J connectivity index is 1.79. The van der Waals surface area contributed by atoms with Gasteiger partial charge in [-0.05, 0) is 37.5 Å². The summed E-state index contributed by atoms with van der Waals surface area (Å²) < 4.78 is 0. The topological polar surface area (TPSA) is 61.4 Å². The molecule has 2 rings (SSSR count). The van der Waals surface area contributed by atoms with E-state index in [2.05, 4.69) is 10.6 Å². The standard InChI is InChI=1S/C15H21ClN2O2/c1-10(11-4-2-6-13(16)8-11)18-15(20)17-9-12-5-3-7-14(12)19/h2,4,6,8,10,12,14,19H,3,5,7,9H2,1H3,(H2,17,18,20)/t10-,12-,14+/m0/s1. The lowest BCUT2D eigenvalue weighted by Gasteiger charge is -2.18. The van der Waals surface area contributed by atoms with Gasteiger partial charge in [-0.3, -0.25) is 0 Å². The Kier molecular flexibility index (Phi) is 5.26. The number of rotatable bonds is 4. The molecule has 20 heavy (non-hydrogen) atoms. The second-order valence-corrected chi connectivity index (χ2v) is 5.83. The van der Waals surface area contributed by atoms with Crippen molar-refractivity contribution in [1.82, 2.24) is 10.6 Å². The average Bonchev–Trinajstić information content (AvgIpc) is 2.82. The number of hydrogen-bond acceptors (Lipinski definition) is 2. The van der Waals surface area contributed by atoms with Crippen molar-refractivity contribution in [2.45, 2.75) is 38.3 Å². The maximum absolute atomic E-state index is 11.8. The van der Waals surface area contributed by atoms with Gasteiger partial charge in [0.1, 0.15) is 0 Å². The summed E-state index contributed by atoms with van der Waals surface area (Å²) >= 11 is 5.93. The highest BCUT2D eigenvalue weighted by molar-refractivity contribution is 6.30. The Hall–Kier alpha value is -1.26. The maximum atomic E-state index is 11.8. The third-order valence-corrected chi connectivity index (χ3v) is 4.08. The summed E-state index contributed by atoms with van der Waals surface area (Å²) in [7, 11) is 0. The molecule has 0 aliphatic heterocycles. The fourth-order valence-corrected chi connectivity index (χ4v) is 2.78. The number of carbonyl (C=O) groups excluding carboxylic acids is 1. The van der Waals surface area contributed by atoms with Gasteiger partial charge in [0.2, 0.25) is 0 Å². The molecule has 1 aliphatic carbocycles. The van der Waals surface area contributed by atoms with E-state index in [0.29, 0.717) is 11.6 Å². The molecule has 110 valence electrons. The first-order chi connectivity index (χ1) is 9.56. The highest BCUT2D eigenvalue weighted by Crippen LogP contribution is 2.24. The molecule has 1 aromatic carbocycles. The van der Waals surface area contributed by atoms with Gasteiger partial charge in [0.05, 0.1) is 12.1 Å². The number of urea groups is 1. The number of benzene rings is 1. The molecule has 2 amide bonds. The molecule has 1 aliphatic rings. The normalized spacial score (nSPS) is 23.4.